The normalized spacial score (nSPS) is 10.7. The molecule has 0 unspecified atom stereocenters. The third-order valence-corrected chi connectivity index (χ3v) is 4.65. The molecule has 5 nitrogen and oxygen atoms in total. The van der Waals surface area contributed by atoms with Crippen LogP contribution in [0.1, 0.15) is 15.9 Å². The number of carboxylic acids is 1. The first-order chi connectivity index (χ1) is 14.2. The van der Waals surface area contributed by atoms with Gasteiger partial charge in [0.25, 0.3) is 0 Å². The third-order valence-electron chi connectivity index (χ3n) is 4.65. The van der Waals surface area contributed by atoms with Crippen molar-refractivity contribution in [3.05, 3.63) is 90.0 Å². The number of pyridine rings is 1. The molecule has 1 aromatic heterocycles. The zero-order chi connectivity index (χ0) is 20.2. The Morgan fingerprint density at radius 1 is 0.966 bits per heavy atom. The summed E-state index contributed by atoms with van der Waals surface area (Å²) < 4.78 is 11.2. The zero-order valence-electron chi connectivity index (χ0n) is 15.8. The highest BCUT2D eigenvalue weighted by Gasteiger charge is 2.15. The maximum absolute atomic E-state index is 11.8. The molecule has 0 aliphatic rings. The summed E-state index contributed by atoms with van der Waals surface area (Å²) in [5.74, 6) is 0.263. The Kier molecular flexibility index (Phi) is 5.12. The average molecular weight is 385 g/mol. The van der Waals surface area contributed by atoms with E-state index in [0.717, 1.165) is 16.9 Å². The summed E-state index contributed by atoms with van der Waals surface area (Å²) in [5, 5.41) is 10.2. The van der Waals surface area contributed by atoms with Crippen LogP contribution in [0, 0.1) is 0 Å². The number of methoxy groups -OCH3 is 1. The monoisotopic (exact) mass is 385 g/mol. The SMILES string of the molecule is COc1cccc2c(C(=O)O)cc(-c3ccc(OCc4ccccc4)cc3)nc12. The minimum absolute atomic E-state index is 0.188. The Morgan fingerprint density at radius 3 is 2.41 bits per heavy atom. The van der Waals surface area contributed by atoms with E-state index in [-0.39, 0.29) is 5.56 Å². The van der Waals surface area contributed by atoms with E-state index in [9.17, 15) is 9.90 Å². The van der Waals surface area contributed by atoms with Gasteiger partial charge in [-0.3, -0.25) is 0 Å². The van der Waals surface area contributed by atoms with Crippen molar-refractivity contribution in [3.8, 4) is 22.8 Å². The maximum Gasteiger partial charge on any atom is 0.336 e. The minimum atomic E-state index is -1.00. The highest BCUT2D eigenvalue weighted by atomic mass is 16.5. The Hall–Kier alpha value is -3.86. The van der Waals surface area contributed by atoms with E-state index in [1.807, 2.05) is 54.6 Å². The lowest BCUT2D eigenvalue weighted by Gasteiger charge is -2.11. The van der Waals surface area contributed by atoms with Gasteiger partial charge in [-0.25, -0.2) is 9.78 Å². The van der Waals surface area contributed by atoms with Gasteiger partial charge in [-0.2, -0.15) is 0 Å². The first-order valence-corrected chi connectivity index (χ1v) is 9.14. The van der Waals surface area contributed by atoms with Gasteiger partial charge in [0, 0.05) is 10.9 Å². The summed E-state index contributed by atoms with van der Waals surface area (Å²) in [6.45, 7) is 0.481. The largest absolute Gasteiger partial charge is 0.494 e. The molecular formula is C24H19NO4. The first-order valence-electron chi connectivity index (χ1n) is 9.14. The van der Waals surface area contributed by atoms with Gasteiger partial charge in [-0.05, 0) is 42.0 Å². The number of carboxylic acid groups (broad SMARTS) is 1. The molecule has 1 N–H and O–H groups in total. The van der Waals surface area contributed by atoms with Gasteiger partial charge in [0.1, 0.15) is 23.6 Å². The van der Waals surface area contributed by atoms with Crippen molar-refractivity contribution >= 4 is 16.9 Å². The van der Waals surface area contributed by atoms with E-state index in [1.54, 1.807) is 31.4 Å². The van der Waals surface area contributed by atoms with E-state index in [2.05, 4.69) is 4.98 Å². The van der Waals surface area contributed by atoms with Gasteiger partial charge in [-0.15, -0.1) is 0 Å². The topological polar surface area (TPSA) is 68.7 Å². The molecule has 0 amide bonds. The predicted molar refractivity (Wildman–Crippen MR) is 111 cm³/mol. The van der Waals surface area contributed by atoms with Crippen molar-refractivity contribution in [1.82, 2.24) is 4.98 Å². The van der Waals surface area contributed by atoms with Crippen LogP contribution in [-0.2, 0) is 6.61 Å². The number of hydrogen-bond acceptors (Lipinski definition) is 4. The van der Waals surface area contributed by atoms with Crippen LogP contribution in [0.15, 0.2) is 78.9 Å². The van der Waals surface area contributed by atoms with E-state index in [4.69, 9.17) is 9.47 Å². The van der Waals surface area contributed by atoms with Crippen molar-refractivity contribution in [1.29, 1.82) is 0 Å². The van der Waals surface area contributed by atoms with Gasteiger partial charge < -0.3 is 14.6 Å². The molecule has 144 valence electrons. The molecule has 0 spiro atoms. The van der Waals surface area contributed by atoms with Crippen LogP contribution in [0.4, 0.5) is 0 Å². The maximum atomic E-state index is 11.8. The van der Waals surface area contributed by atoms with Crippen molar-refractivity contribution in [2.45, 2.75) is 6.61 Å². The number of aromatic carboxylic acids is 1. The van der Waals surface area contributed by atoms with Gasteiger partial charge in [-0.1, -0.05) is 42.5 Å². The molecule has 0 fully saturated rings. The number of para-hydroxylation sites is 1. The summed E-state index contributed by atoms with van der Waals surface area (Å²) >= 11 is 0. The van der Waals surface area contributed by atoms with Gasteiger partial charge in [0.05, 0.1) is 18.4 Å². The molecule has 0 aliphatic carbocycles. The fourth-order valence-corrected chi connectivity index (χ4v) is 3.17. The van der Waals surface area contributed by atoms with Gasteiger partial charge in [0.15, 0.2) is 0 Å². The van der Waals surface area contributed by atoms with Crippen LogP contribution in [0.25, 0.3) is 22.2 Å². The van der Waals surface area contributed by atoms with E-state index in [0.29, 0.717) is 29.0 Å². The average Bonchev–Trinajstić information content (AvgIpc) is 2.77. The summed E-state index contributed by atoms with van der Waals surface area (Å²) in [4.78, 5) is 16.4. The molecule has 0 aliphatic heterocycles. The Morgan fingerprint density at radius 2 is 1.72 bits per heavy atom. The summed E-state index contributed by atoms with van der Waals surface area (Å²) in [5.41, 5.74) is 3.16. The number of hydrogen-bond donors (Lipinski definition) is 1. The molecule has 1 heterocycles. The standard InChI is InChI=1S/C24H19NO4/c1-28-22-9-5-8-19-20(24(26)27)14-21(25-23(19)22)17-10-12-18(13-11-17)29-15-16-6-3-2-4-7-16/h2-14H,15H2,1H3,(H,26,27). The molecular weight excluding hydrogens is 366 g/mol. The molecule has 0 radical (unpaired) electrons. The van der Waals surface area contributed by atoms with Crippen molar-refractivity contribution in [2.75, 3.05) is 7.11 Å². The first kappa shape index (κ1) is 18.5. The zero-order valence-corrected chi connectivity index (χ0v) is 15.8. The van der Waals surface area contributed by atoms with Crippen LogP contribution in [0.3, 0.4) is 0 Å². The molecule has 0 bridgehead atoms. The molecule has 0 saturated heterocycles. The molecule has 0 saturated carbocycles. The van der Waals surface area contributed by atoms with Gasteiger partial charge in [0.2, 0.25) is 0 Å². The smallest absolute Gasteiger partial charge is 0.336 e. The van der Waals surface area contributed by atoms with E-state index < -0.39 is 5.97 Å². The summed E-state index contributed by atoms with van der Waals surface area (Å²) in [6, 6.07) is 24.2. The lowest BCUT2D eigenvalue weighted by atomic mass is 10.0. The van der Waals surface area contributed by atoms with Crippen LogP contribution >= 0.6 is 0 Å². The van der Waals surface area contributed by atoms with E-state index >= 15 is 0 Å². The van der Waals surface area contributed by atoms with Crippen LogP contribution in [0.2, 0.25) is 0 Å². The van der Waals surface area contributed by atoms with Crippen molar-refractivity contribution in [2.24, 2.45) is 0 Å². The summed E-state index contributed by atoms with van der Waals surface area (Å²) in [6.07, 6.45) is 0. The highest BCUT2D eigenvalue weighted by Crippen LogP contribution is 2.31. The molecule has 4 rings (SSSR count). The lowest BCUT2D eigenvalue weighted by Crippen LogP contribution is -2.01. The number of fused-ring (bicyclic) bond motifs is 1. The highest BCUT2D eigenvalue weighted by molar-refractivity contribution is 6.05. The number of rotatable bonds is 6. The fraction of sp³-hybridized carbons (Fsp3) is 0.0833. The Labute approximate surface area is 168 Å². The predicted octanol–water partition coefficient (Wildman–Crippen LogP) is 5.19. The van der Waals surface area contributed by atoms with Crippen molar-refractivity contribution in [3.63, 3.8) is 0 Å². The molecule has 4 aromatic rings. The number of nitrogens with zero attached hydrogens (tertiary/aromatic N) is 1. The number of aromatic nitrogens is 1. The second-order valence-corrected chi connectivity index (χ2v) is 6.52. The summed E-state index contributed by atoms with van der Waals surface area (Å²) in [7, 11) is 1.54. The quantitative estimate of drug-likeness (QED) is 0.495. The van der Waals surface area contributed by atoms with Crippen molar-refractivity contribution < 1.29 is 19.4 Å². The number of carbonyl (C=O) groups is 1. The van der Waals surface area contributed by atoms with Crippen LogP contribution in [0.5, 0.6) is 11.5 Å². The molecule has 5 heteroatoms. The Balaban J connectivity index is 1.66. The molecule has 0 atom stereocenters. The Bertz CT molecular complexity index is 1150. The number of ether oxygens (including phenoxy) is 2. The third kappa shape index (κ3) is 3.89. The molecule has 29 heavy (non-hydrogen) atoms. The van der Waals surface area contributed by atoms with Crippen LogP contribution < -0.4 is 9.47 Å². The second-order valence-electron chi connectivity index (χ2n) is 6.52. The second kappa shape index (κ2) is 8.02. The number of benzene rings is 3. The van der Waals surface area contributed by atoms with Gasteiger partial charge >= 0.3 is 5.97 Å². The lowest BCUT2D eigenvalue weighted by molar-refractivity contribution is 0.0699. The minimum Gasteiger partial charge on any atom is -0.494 e. The van der Waals surface area contributed by atoms with Crippen LogP contribution in [-0.4, -0.2) is 23.2 Å². The fourth-order valence-electron chi connectivity index (χ4n) is 3.17. The van der Waals surface area contributed by atoms with E-state index in [1.165, 1.54) is 0 Å². The molecule has 3 aromatic carbocycles.